The Morgan fingerprint density at radius 3 is 2.44 bits per heavy atom. The summed E-state index contributed by atoms with van der Waals surface area (Å²) in [6, 6.07) is 5.92. The monoisotopic (exact) mass is 257 g/mol. The van der Waals surface area contributed by atoms with E-state index in [1.165, 1.54) is 12.1 Å². The van der Waals surface area contributed by atoms with Crippen LogP contribution < -0.4 is 5.32 Å². The summed E-state index contributed by atoms with van der Waals surface area (Å²) in [6.07, 6.45) is -0.692. The molecule has 0 unspecified atom stereocenters. The standard InChI is InChI=1S/C14H18F3N/c15-14(16,17)13-4-2-1-3-12(13)6-5-11-7-9-18-10-8-11/h1-4,11,18H,5-10H2. The highest BCUT2D eigenvalue weighted by molar-refractivity contribution is 5.29. The first-order valence-corrected chi connectivity index (χ1v) is 6.43. The summed E-state index contributed by atoms with van der Waals surface area (Å²) >= 11 is 0. The fourth-order valence-electron chi connectivity index (χ4n) is 2.54. The molecule has 0 amide bonds. The quantitative estimate of drug-likeness (QED) is 0.871. The molecule has 1 N–H and O–H groups in total. The van der Waals surface area contributed by atoms with Crippen LogP contribution in [0.3, 0.4) is 0 Å². The average Bonchev–Trinajstić information content (AvgIpc) is 2.37. The van der Waals surface area contributed by atoms with Crippen molar-refractivity contribution in [2.75, 3.05) is 13.1 Å². The molecule has 1 aromatic carbocycles. The Morgan fingerprint density at radius 2 is 1.78 bits per heavy atom. The van der Waals surface area contributed by atoms with Gasteiger partial charge in [-0.1, -0.05) is 18.2 Å². The number of hydrogen-bond donors (Lipinski definition) is 1. The van der Waals surface area contributed by atoms with Crippen LogP contribution in [0.2, 0.25) is 0 Å². The summed E-state index contributed by atoms with van der Waals surface area (Å²) in [5.74, 6) is 0.563. The SMILES string of the molecule is FC(F)(F)c1ccccc1CCC1CCNCC1. The first kappa shape index (κ1) is 13.4. The number of benzene rings is 1. The fraction of sp³-hybridized carbons (Fsp3) is 0.571. The van der Waals surface area contributed by atoms with Gasteiger partial charge in [-0.25, -0.2) is 0 Å². The maximum absolute atomic E-state index is 12.8. The molecule has 0 aromatic heterocycles. The second-order valence-corrected chi connectivity index (χ2v) is 4.89. The lowest BCUT2D eigenvalue weighted by molar-refractivity contribution is -0.138. The van der Waals surface area contributed by atoms with E-state index in [1.54, 1.807) is 12.1 Å². The number of nitrogens with one attached hydrogen (secondary N) is 1. The zero-order valence-electron chi connectivity index (χ0n) is 10.3. The second kappa shape index (κ2) is 5.74. The van der Waals surface area contributed by atoms with E-state index in [2.05, 4.69) is 5.32 Å². The summed E-state index contributed by atoms with van der Waals surface area (Å²) in [5, 5.41) is 3.27. The Bertz CT molecular complexity index is 381. The normalized spacial score (nSPS) is 17.9. The van der Waals surface area contributed by atoms with Crippen LogP contribution in [0.4, 0.5) is 13.2 Å². The third-order valence-corrected chi connectivity index (χ3v) is 3.60. The minimum atomic E-state index is -4.23. The average molecular weight is 257 g/mol. The largest absolute Gasteiger partial charge is 0.416 e. The molecule has 0 aliphatic carbocycles. The van der Waals surface area contributed by atoms with E-state index < -0.39 is 11.7 Å². The van der Waals surface area contributed by atoms with Gasteiger partial charge in [-0.2, -0.15) is 13.2 Å². The van der Waals surface area contributed by atoms with E-state index in [9.17, 15) is 13.2 Å². The summed E-state index contributed by atoms with van der Waals surface area (Å²) in [6.45, 7) is 1.98. The lowest BCUT2D eigenvalue weighted by Gasteiger charge is -2.23. The molecule has 4 heteroatoms. The summed E-state index contributed by atoms with van der Waals surface area (Å²) in [5.41, 5.74) is -0.0394. The van der Waals surface area contributed by atoms with Gasteiger partial charge in [0.1, 0.15) is 0 Å². The Morgan fingerprint density at radius 1 is 1.11 bits per heavy atom. The molecule has 0 saturated carbocycles. The van der Waals surface area contributed by atoms with Gasteiger partial charge in [0, 0.05) is 0 Å². The van der Waals surface area contributed by atoms with Crippen molar-refractivity contribution in [1.82, 2.24) is 5.32 Å². The van der Waals surface area contributed by atoms with Crippen molar-refractivity contribution in [1.29, 1.82) is 0 Å². The van der Waals surface area contributed by atoms with Crippen LogP contribution in [0.15, 0.2) is 24.3 Å². The van der Waals surface area contributed by atoms with Gasteiger partial charge in [-0.05, 0) is 56.3 Å². The van der Waals surface area contributed by atoms with E-state index in [0.717, 1.165) is 32.4 Å². The van der Waals surface area contributed by atoms with Crippen molar-refractivity contribution in [3.05, 3.63) is 35.4 Å². The van der Waals surface area contributed by atoms with Gasteiger partial charge in [-0.3, -0.25) is 0 Å². The highest BCUT2D eigenvalue weighted by Crippen LogP contribution is 2.33. The van der Waals surface area contributed by atoms with Crippen molar-refractivity contribution < 1.29 is 13.2 Å². The van der Waals surface area contributed by atoms with Crippen molar-refractivity contribution in [2.45, 2.75) is 31.9 Å². The van der Waals surface area contributed by atoms with Gasteiger partial charge in [0.05, 0.1) is 5.56 Å². The molecule has 1 aromatic rings. The molecule has 18 heavy (non-hydrogen) atoms. The van der Waals surface area contributed by atoms with Gasteiger partial charge in [0.2, 0.25) is 0 Å². The number of aryl methyl sites for hydroxylation is 1. The van der Waals surface area contributed by atoms with Crippen LogP contribution >= 0.6 is 0 Å². The van der Waals surface area contributed by atoms with Gasteiger partial charge in [0.25, 0.3) is 0 Å². The molecule has 0 radical (unpaired) electrons. The van der Waals surface area contributed by atoms with Crippen LogP contribution in [0.25, 0.3) is 0 Å². The summed E-state index contributed by atoms with van der Waals surface area (Å²) in [7, 11) is 0. The molecular weight excluding hydrogens is 239 g/mol. The molecule has 1 heterocycles. The first-order valence-electron chi connectivity index (χ1n) is 6.43. The lowest BCUT2D eigenvalue weighted by atomic mass is 9.90. The van der Waals surface area contributed by atoms with Crippen molar-refractivity contribution in [2.24, 2.45) is 5.92 Å². The van der Waals surface area contributed by atoms with Crippen molar-refractivity contribution in [3.63, 3.8) is 0 Å². The topological polar surface area (TPSA) is 12.0 Å². The number of alkyl halides is 3. The maximum atomic E-state index is 12.8. The Balaban J connectivity index is 2.00. The molecule has 1 aliphatic rings. The highest BCUT2D eigenvalue weighted by atomic mass is 19.4. The predicted octanol–water partition coefficient (Wildman–Crippen LogP) is 3.64. The van der Waals surface area contributed by atoms with Crippen LogP contribution in [0.1, 0.15) is 30.4 Å². The Kier molecular flexibility index (Phi) is 4.27. The van der Waals surface area contributed by atoms with Crippen LogP contribution in [0.5, 0.6) is 0 Å². The molecule has 0 atom stereocenters. The zero-order chi connectivity index (χ0) is 13.0. The van der Waals surface area contributed by atoms with Gasteiger partial charge >= 0.3 is 6.18 Å². The van der Waals surface area contributed by atoms with Crippen LogP contribution in [-0.4, -0.2) is 13.1 Å². The number of rotatable bonds is 3. The van der Waals surface area contributed by atoms with Crippen molar-refractivity contribution in [3.8, 4) is 0 Å². The molecule has 0 spiro atoms. The predicted molar refractivity (Wildman–Crippen MR) is 65.4 cm³/mol. The molecule has 0 bridgehead atoms. The third kappa shape index (κ3) is 3.48. The number of hydrogen-bond acceptors (Lipinski definition) is 1. The number of piperidine rings is 1. The molecular formula is C14H18F3N. The van der Waals surface area contributed by atoms with E-state index in [4.69, 9.17) is 0 Å². The molecule has 1 nitrogen and oxygen atoms in total. The Labute approximate surface area is 105 Å². The zero-order valence-corrected chi connectivity index (χ0v) is 10.3. The van der Waals surface area contributed by atoms with Gasteiger partial charge in [0.15, 0.2) is 0 Å². The molecule has 1 aliphatic heterocycles. The van der Waals surface area contributed by atoms with E-state index in [-0.39, 0.29) is 0 Å². The van der Waals surface area contributed by atoms with Crippen LogP contribution in [-0.2, 0) is 12.6 Å². The fourth-order valence-corrected chi connectivity index (χ4v) is 2.54. The summed E-state index contributed by atoms with van der Waals surface area (Å²) in [4.78, 5) is 0. The van der Waals surface area contributed by atoms with E-state index in [0.29, 0.717) is 17.9 Å². The highest BCUT2D eigenvalue weighted by Gasteiger charge is 2.32. The first-order chi connectivity index (χ1) is 8.57. The van der Waals surface area contributed by atoms with Gasteiger partial charge in [-0.15, -0.1) is 0 Å². The van der Waals surface area contributed by atoms with E-state index >= 15 is 0 Å². The third-order valence-electron chi connectivity index (χ3n) is 3.60. The molecule has 100 valence electrons. The smallest absolute Gasteiger partial charge is 0.317 e. The summed E-state index contributed by atoms with van der Waals surface area (Å²) < 4.78 is 38.4. The van der Waals surface area contributed by atoms with Gasteiger partial charge < -0.3 is 5.32 Å². The molecule has 1 saturated heterocycles. The molecule has 2 rings (SSSR count). The van der Waals surface area contributed by atoms with E-state index in [1.807, 2.05) is 0 Å². The Hall–Kier alpha value is -1.03. The number of halogens is 3. The second-order valence-electron chi connectivity index (χ2n) is 4.89. The maximum Gasteiger partial charge on any atom is 0.416 e. The minimum Gasteiger partial charge on any atom is -0.317 e. The molecule has 1 fully saturated rings. The van der Waals surface area contributed by atoms with Crippen molar-refractivity contribution >= 4 is 0 Å². The van der Waals surface area contributed by atoms with Crippen LogP contribution in [0, 0.1) is 5.92 Å². The lowest BCUT2D eigenvalue weighted by Crippen LogP contribution is -2.28. The minimum absolute atomic E-state index is 0.434.